The molecule has 96 valence electrons. The van der Waals surface area contributed by atoms with Crippen molar-refractivity contribution >= 4 is 23.2 Å². The minimum absolute atomic E-state index is 0.227. The minimum atomic E-state index is 0.227. The molecule has 0 spiro atoms. The Bertz CT molecular complexity index is 623. The zero-order chi connectivity index (χ0) is 13.7. The highest BCUT2D eigenvalue weighted by Gasteiger charge is 2.09. The highest BCUT2D eigenvalue weighted by atomic mass is 35.5. The van der Waals surface area contributed by atoms with Crippen LogP contribution in [0.2, 0.25) is 5.02 Å². The van der Waals surface area contributed by atoms with Gasteiger partial charge in [-0.2, -0.15) is 5.26 Å². The second-order valence-corrected chi connectivity index (χ2v) is 4.45. The van der Waals surface area contributed by atoms with Gasteiger partial charge in [0.1, 0.15) is 24.1 Å². The van der Waals surface area contributed by atoms with Crippen molar-refractivity contribution in [2.75, 3.05) is 0 Å². The number of aromatic nitrogens is 1. The lowest BCUT2D eigenvalue weighted by Gasteiger charge is -2.12. The zero-order valence-corrected chi connectivity index (χ0v) is 11.4. The van der Waals surface area contributed by atoms with Crippen LogP contribution in [0.1, 0.15) is 16.8 Å². The number of nitriles is 1. The fraction of sp³-hybridized carbons (Fsp3) is 0.143. The molecule has 1 aromatic heterocycles. The van der Waals surface area contributed by atoms with Gasteiger partial charge in [-0.3, -0.25) is 0 Å². The van der Waals surface area contributed by atoms with Crippen molar-refractivity contribution in [2.24, 2.45) is 0 Å². The summed E-state index contributed by atoms with van der Waals surface area (Å²) in [6.45, 7) is 0.227. The van der Waals surface area contributed by atoms with Gasteiger partial charge in [0, 0.05) is 17.3 Å². The number of benzene rings is 1. The fourth-order valence-electron chi connectivity index (χ4n) is 1.63. The summed E-state index contributed by atoms with van der Waals surface area (Å²) in [5, 5.41) is 9.46. The Hall–Kier alpha value is -1.76. The van der Waals surface area contributed by atoms with Gasteiger partial charge in [-0.1, -0.05) is 29.8 Å². The summed E-state index contributed by atoms with van der Waals surface area (Å²) in [5.74, 6) is 0.862. The number of alkyl halides is 1. The Morgan fingerprint density at radius 2 is 2.00 bits per heavy atom. The van der Waals surface area contributed by atoms with E-state index >= 15 is 0 Å². The van der Waals surface area contributed by atoms with Gasteiger partial charge in [-0.25, -0.2) is 4.98 Å². The highest BCUT2D eigenvalue weighted by Crippen LogP contribution is 2.30. The Morgan fingerprint density at radius 3 is 2.74 bits per heavy atom. The van der Waals surface area contributed by atoms with E-state index in [1.54, 1.807) is 24.4 Å². The third-order valence-electron chi connectivity index (χ3n) is 2.56. The van der Waals surface area contributed by atoms with E-state index < -0.39 is 0 Å². The summed E-state index contributed by atoms with van der Waals surface area (Å²) < 4.78 is 5.68. The van der Waals surface area contributed by atoms with Crippen LogP contribution in [0.25, 0.3) is 0 Å². The van der Waals surface area contributed by atoms with Crippen LogP contribution in [0, 0.1) is 11.3 Å². The van der Waals surface area contributed by atoms with Gasteiger partial charge in [-0.05, 0) is 12.1 Å². The van der Waals surface area contributed by atoms with Crippen LogP contribution in [-0.4, -0.2) is 4.98 Å². The molecule has 0 aliphatic heterocycles. The third-order valence-corrected chi connectivity index (χ3v) is 3.15. The molecule has 0 radical (unpaired) electrons. The summed E-state index contributed by atoms with van der Waals surface area (Å²) in [6.07, 6.45) is 1.57. The van der Waals surface area contributed by atoms with E-state index in [0.29, 0.717) is 27.9 Å². The molecule has 0 fully saturated rings. The maximum absolute atomic E-state index is 8.96. The molecule has 0 saturated heterocycles. The van der Waals surface area contributed by atoms with Crippen molar-refractivity contribution in [1.29, 1.82) is 5.26 Å². The number of nitrogens with zero attached hydrogens (tertiary/aromatic N) is 2. The normalized spacial score (nSPS) is 9.95. The van der Waals surface area contributed by atoms with Gasteiger partial charge in [-0.15, -0.1) is 11.6 Å². The molecule has 0 atom stereocenters. The Labute approximate surface area is 121 Å². The number of para-hydroxylation sites is 1. The molecule has 0 unspecified atom stereocenters. The summed E-state index contributed by atoms with van der Waals surface area (Å²) in [6, 6.07) is 11.0. The lowest BCUT2D eigenvalue weighted by atomic mass is 10.2. The first-order valence-corrected chi connectivity index (χ1v) is 6.47. The smallest absolute Gasteiger partial charge is 0.147 e. The molecule has 1 heterocycles. The molecule has 1 aromatic carbocycles. The second-order valence-electron chi connectivity index (χ2n) is 3.77. The van der Waals surface area contributed by atoms with Crippen LogP contribution in [0.5, 0.6) is 5.75 Å². The molecule has 2 rings (SSSR count). The largest absolute Gasteiger partial charge is 0.487 e. The summed E-state index contributed by atoms with van der Waals surface area (Å²) in [5.41, 5.74) is 1.88. The predicted molar refractivity (Wildman–Crippen MR) is 74.3 cm³/mol. The first kappa shape index (κ1) is 13.7. The van der Waals surface area contributed by atoms with Crippen LogP contribution in [0.15, 0.2) is 36.5 Å². The summed E-state index contributed by atoms with van der Waals surface area (Å²) >= 11 is 11.9. The molecule has 0 aliphatic carbocycles. The monoisotopic (exact) mass is 292 g/mol. The number of rotatable bonds is 4. The molecular weight excluding hydrogens is 283 g/mol. The molecule has 19 heavy (non-hydrogen) atoms. The number of hydrogen-bond acceptors (Lipinski definition) is 3. The Balaban J connectivity index is 2.22. The van der Waals surface area contributed by atoms with Crippen molar-refractivity contribution in [3.05, 3.63) is 58.4 Å². The maximum atomic E-state index is 8.96. The number of ether oxygens (including phenoxy) is 1. The number of hydrogen-bond donors (Lipinski definition) is 0. The van der Waals surface area contributed by atoms with E-state index in [1.807, 2.05) is 18.2 Å². The van der Waals surface area contributed by atoms with Crippen molar-refractivity contribution < 1.29 is 4.74 Å². The topological polar surface area (TPSA) is 45.9 Å². The summed E-state index contributed by atoms with van der Waals surface area (Å²) in [4.78, 5) is 3.97. The molecule has 2 aromatic rings. The lowest BCUT2D eigenvalue weighted by Crippen LogP contribution is -2.01. The molecule has 0 bridgehead atoms. The van der Waals surface area contributed by atoms with Crippen LogP contribution < -0.4 is 4.74 Å². The van der Waals surface area contributed by atoms with Crippen LogP contribution in [0.3, 0.4) is 0 Å². The molecule has 0 amide bonds. The fourth-order valence-corrected chi connectivity index (χ4v) is 2.09. The van der Waals surface area contributed by atoms with Crippen LogP contribution in [0.4, 0.5) is 0 Å². The maximum Gasteiger partial charge on any atom is 0.147 e. The SMILES string of the molecule is N#Cc1ncccc1COc1c(Cl)cccc1CCl. The molecular formula is C14H10Cl2N2O. The van der Waals surface area contributed by atoms with E-state index in [-0.39, 0.29) is 6.61 Å². The van der Waals surface area contributed by atoms with E-state index in [2.05, 4.69) is 4.98 Å². The first-order chi connectivity index (χ1) is 9.26. The van der Waals surface area contributed by atoms with Gasteiger partial charge >= 0.3 is 0 Å². The van der Waals surface area contributed by atoms with Crippen LogP contribution in [-0.2, 0) is 12.5 Å². The summed E-state index contributed by atoms with van der Waals surface area (Å²) in [7, 11) is 0. The Kier molecular flexibility index (Phi) is 4.62. The van der Waals surface area contributed by atoms with Gasteiger partial charge in [0.25, 0.3) is 0 Å². The van der Waals surface area contributed by atoms with Gasteiger partial charge in [0.05, 0.1) is 10.9 Å². The van der Waals surface area contributed by atoms with E-state index in [0.717, 1.165) is 5.56 Å². The molecule has 0 aliphatic rings. The molecule has 0 saturated carbocycles. The first-order valence-electron chi connectivity index (χ1n) is 5.56. The average Bonchev–Trinajstić information content (AvgIpc) is 2.46. The highest BCUT2D eigenvalue weighted by molar-refractivity contribution is 6.32. The van der Waals surface area contributed by atoms with Gasteiger partial charge < -0.3 is 4.74 Å². The second kappa shape index (κ2) is 6.42. The quantitative estimate of drug-likeness (QED) is 0.802. The van der Waals surface area contributed by atoms with E-state index in [9.17, 15) is 0 Å². The van der Waals surface area contributed by atoms with Crippen molar-refractivity contribution in [3.63, 3.8) is 0 Å². The van der Waals surface area contributed by atoms with Crippen molar-refractivity contribution in [3.8, 4) is 11.8 Å². The van der Waals surface area contributed by atoms with E-state index in [4.69, 9.17) is 33.2 Å². The van der Waals surface area contributed by atoms with Gasteiger partial charge in [0.15, 0.2) is 0 Å². The average molecular weight is 293 g/mol. The molecule has 5 heteroatoms. The zero-order valence-electron chi connectivity index (χ0n) is 9.94. The Morgan fingerprint density at radius 1 is 1.21 bits per heavy atom. The van der Waals surface area contributed by atoms with Crippen molar-refractivity contribution in [2.45, 2.75) is 12.5 Å². The lowest BCUT2D eigenvalue weighted by molar-refractivity contribution is 0.303. The number of halogens is 2. The molecule has 0 N–H and O–H groups in total. The minimum Gasteiger partial charge on any atom is -0.487 e. The number of pyridine rings is 1. The van der Waals surface area contributed by atoms with Gasteiger partial charge in [0.2, 0.25) is 0 Å². The van der Waals surface area contributed by atoms with E-state index in [1.165, 1.54) is 0 Å². The standard InChI is InChI=1S/C14H10Cl2N2O/c15-7-10-3-1-5-12(16)14(10)19-9-11-4-2-6-18-13(11)8-17/h1-6H,7,9H2. The van der Waals surface area contributed by atoms with Crippen LogP contribution >= 0.6 is 23.2 Å². The third kappa shape index (κ3) is 3.17. The predicted octanol–water partition coefficient (Wildman–Crippen LogP) is 3.92. The molecule has 3 nitrogen and oxygen atoms in total. The van der Waals surface area contributed by atoms with Crippen molar-refractivity contribution in [1.82, 2.24) is 4.98 Å².